The van der Waals surface area contributed by atoms with Crippen LogP contribution in [0.3, 0.4) is 0 Å². The number of hydrogen-bond acceptors (Lipinski definition) is 6. The van der Waals surface area contributed by atoms with Gasteiger partial charge < -0.3 is 10.3 Å². The van der Waals surface area contributed by atoms with Crippen LogP contribution in [0.25, 0.3) is 11.5 Å². The van der Waals surface area contributed by atoms with E-state index in [9.17, 15) is 8.42 Å². The van der Waals surface area contributed by atoms with E-state index in [1.165, 1.54) is 0 Å². The van der Waals surface area contributed by atoms with E-state index in [4.69, 9.17) is 10.3 Å². The van der Waals surface area contributed by atoms with E-state index in [1.807, 2.05) is 24.3 Å². The zero-order chi connectivity index (χ0) is 13.9. The summed E-state index contributed by atoms with van der Waals surface area (Å²) in [4.78, 5) is 4.11. The van der Waals surface area contributed by atoms with Crippen molar-refractivity contribution >= 4 is 9.84 Å². The molecule has 7 heteroatoms. The van der Waals surface area contributed by atoms with E-state index in [-0.39, 0.29) is 11.6 Å². The molecule has 102 valence electrons. The molecule has 0 bridgehead atoms. The summed E-state index contributed by atoms with van der Waals surface area (Å²) >= 11 is 0. The lowest BCUT2D eigenvalue weighted by molar-refractivity contribution is 0.424. The first-order chi connectivity index (χ1) is 8.99. The summed E-state index contributed by atoms with van der Waals surface area (Å²) in [7, 11) is -3.17. The van der Waals surface area contributed by atoms with Crippen molar-refractivity contribution < 1.29 is 12.9 Å². The molecule has 0 saturated carbocycles. The maximum atomic E-state index is 11.2. The lowest BCUT2D eigenvalue weighted by atomic mass is 10.0. The van der Waals surface area contributed by atoms with Crippen LogP contribution in [0.1, 0.15) is 11.4 Å². The highest BCUT2D eigenvalue weighted by Gasteiger charge is 2.15. The minimum absolute atomic E-state index is 0.167. The van der Waals surface area contributed by atoms with E-state index in [2.05, 4.69) is 10.1 Å². The molecule has 1 heterocycles. The zero-order valence-electron chi connectivity index (χ0n) is 10.5. The minimum atomic E-state index is -3.17. The van der Waals surface area contributed by atoms with Crippen LogP contribution < -0.4 is 5.73 Å². The summed E-state index contributed by atoms with van der Waals surface area (Å²) in [6, 6.07) is 7.55. The highest BCUT2D eigenvalue weighted by atomic mass is 32.2. The monoisotopic (exact) mass is 281 g/mol. The van der Waals surface area contributed by atoms with Gasteiger partial charge in [-0.05, 0) is 24.6 Å². The van der Waals surface area contributed by atoms with Gasteiger partial charge in [0, 0.05) is 11.8 Å². The Morgan fingerprint density at radius 3 is 2.74 bits per heavy atom. The number of aromatic nitrogens is 2. The Balaban J connectivity index is 2.33. The standard InChI is InChI=1S/C12H15N3O3S/c1-19(16,17)8-11-14-12(18-15-11)10-5-3-2-4-9(10)6-7-13/h2-5H,6-8,13H2,1H3. The van der Waals surface area contributed by atoms with Crippen LogP contribution in [0, 0.1) is 0 Å². The number of benzene rings is 1. The van der Waals surface area contributed by atoms with Gasteiger partial charge in [0.15, 0.2) is 15.7 Å². The third kappa shape index (κ3) is 3.62. The third-order valence-corrected chi connectivity index (χ3v) is 3.30. The van der Waals surface area contributed by atoms with Crippen molar-refractivity contribution in [2.24, 2.45) is 5.73 Å². The fourth-order valence-corrected chi connectivity index (χ4v) is 2.35. The van der Waals surface area contributed by atoms with E-state index in [1.54, 1.807) is 0 Å². The van der Waals surface area contributed by atoms with Crippen LogP contribution in [0.15, 0.2) is 28.8 Å². The van der Waals surface area contributed by atoms with E-state index >= 15 is 0 Å². The first-order valence-electron chi connectivity index (χ1n) is 5.78. The maximum Gasteiger partial charge on any atom is 0.258 e. The molecule has 0 aliphatic carbocycles. The number of nitrogens with zero attached hydrogens (tertiary/aromatic N) is 2. The van der Waals surface area contributed by atoms with Crippen LogP contribution in [0.2, 0.25) is 0 Å². The average molecular weight is 281 g/mol. The molecule has 0 aliphatic rings. The fourth-order valence-electron chi connectivity index (χ4n) is 1.76. The van der Waals surface area contributed by atoms with Crippen molar-refractivity contribution in [3.8, 4) is 11.5 Å². The predicted molar refractivity (Wildman–Crippen MR) is 71.0 cm³/mol. The molecule has 6 nitrogen and oxygen atoms in total. The molecular formula is C12H15N3O3S. The Morgan fingerprint density at radius 1 is 1.32 bits per heavy atom. The van der Waals surface area contributed by atoms with Crippen LogP contribution >= 0.6 is 0 Å². The summed E-state index contributed by atoms with van der Waals surface area (Å²) < 4.78 is 27.5. The molecule has 0 spiro atoms. The second kappa shape index (κ2) is 5.50. The summed E-state index contributed by atoms with van der Waals surface area (Å²) in [5, 5.41) is 3.68. The van der Waals surface area contributed by atoms with Crippen molar-refractivity contribution in [1.29, 1.82) is 0 Å². The molecular weight excluding hydrogens is 266 g/mol. The van der Waals surface area contributed by atoms with Gasteiger partial charge in [0.05, 0.1) is 0 Å². The van der Waals surface area contributed by atoms with Crippen LogP contribution in [-0.4, -0.2) is 31.4 Å². The van der Waals surface area contributed by atoms with Gasteiger partial charge in [0.2, 0.25) is 0 Å². The molecule has 0 amide bonds. The summed E-state index contributed by atoms with van der Waals surface area (Å²) in [5.74, 6) is 0.262. The highest BCUT2D eigenvalue weighted by Crippen LogP contribution is 2.22. The number of nitrogens with two attached hydrogens (primary N) is 1. The largest absolute Gasteiger partial charge is 0.334 e. The van der Waals surface area contributed by atoms with Gasteiger partial charge in [-0.3, -0.25) is 0 Å². The molecule has 0 saturated heterocycles. The Bertz CT molecular complexity index is 664. The first-order valence-corrected chi connectivity index (χ1v) is 7.84. The second-order valence-corrected chi connectivity index (χ2v) is 6.42. The summed E-state index contributed by atoms with van der Waals surface area (Å²) in [5.41, 5.74) is 7.34. The van der Waals surface area contributed by atoms with Crippen molar-refractivity contribution in [2.45, 2.75) is 12.2 Å². The third-order valence-electron chi connectivity index (χ3n) is 2.52. The smallest absolute Gasteiger partial charge is 0.258 e. The van der Waals surface area contributed by atoms with Crippen LogP contribution in [-0.2, 0) is 22.0 Å². The van der Waals surface area contributed by atoms with Crippen molar-refractivity contribution in [1.82, 2.24) is 10.1 Å². The van der Waals surface area contributed by atoms with Crippen molar-refractivity contribution in [3.05, 3.63) is 35.7 Å². The second-order valence-electron chi connectivity index (χ2n) is 4.28. The van der Waals surface area contributed by atoms with Crippen LogP contribution in [0.4, 0.5) is 0 Å². The first kappa shape index (κ1) is 13.7. The topological polar surface area (TPSA) is 99.1 Å². The molecule has 0 fully saturated rings. The molecule has 19 heavy (non-hydrogen) atoms. The molecule has 2 N–H and O–H groups in total. The van der Waals surface area contributed by atoms with Crippen LogP contribution in [0.5, 0.6) is 0 Å². The molecule has 0 aliphatic heterocycles. The number of rotatable bonds is 5. The molecule has 0 radical (unpaired) electrons. The lowest BCUT2D eigenvalue weighted by Crippen LogP contribution is -2.04. The van der Waals surface area contributed by atoms with Gasteiger partial charge in [-0.2, -0.15) is 4.98 Å². The Kier molecular flexibility index (Phi) is 3.96. The normalized spacial score (nSPS) is 11.7. The van der Waals surface area contributed by atoms with E-state index in [0.717, 1.165) is 17.4 Å². The molecule has 0 unspecified atom stereocenters. The fraction of sp³-hybridized carbons (Fsp3) is 0.333. The lowest BCUT2D eigenvalue weighted by Gasteiger charge is -2.03. The Labute approximate surface area is 111 Å². The van der Waals surface area contributed by atoms with Gasteiger partial charge in [-0.25, -0.2) is 8.42 Å². The SMILES string of the molecule is CS(=O)(=O)Cc1noc(-c2ccccc2CCN)n1. The zero-order valence-corrected chi connectivity index (χ0v) is 11.4. The number of hydrogen-bond donors (Lipinski definition) is 1. The molecule has 2 rings (SSSR count). The van der Waals surface area contributed by atoms with Gasteiger partial charge in [-0.15, -0.1) is 0 Å². The summed E-state index contributed by atoms with van der Waals surface area (Å²) in [6.07, 6.45) is 1.82. The summed E-state index contributed by atoms with van der Waals surface area (Å²) in [6.45, 7) is 0.515. The molecule has 1 aromatic heterocycles. The van der Waals surface area contributed by atoms with E-state index in [0.29, 0.717) is 18.9 Å². The average Bonchev–Trinajstić information content (AvgIpc) is 2.76. The molecule has 2 aromatic rings. The van der Waals surface area contributed by atoms with Crippen molar-refractivity contribution in [3.63, 3.8) is 0 Å². The Morgan fingerprint density at radius 2 is 2.05 bits per heavy atom. The minimum Gasteiger partial charge on any atom is -0.334 e. The molecule has 0 atom stereocenters. The Hall–Kier alpha value is -1.73. The van der Waals surface area contributed by atoms with Crippen molar-refractivity contribution in [2.75, 3.05) is 12.8 Å². The number of sulfone groups is 1. The van der Waals surface area contributed by atoms with E-state index < -0.39 is 9.84 Å². The highest BCUT2D eigenvalue weighted by molar-refractivity contribution is 7.89. The van der Waals surface area contributed by atoms with Gasteiger partial charge in [0.25, 0.3) is 5.89 Å². The predicted octanol–water partition coefficient (Wildman–Crippen LogP) is 0.782. The van der Waals surface area contributed by atoms with Gasteiger partial charge in [-0.1, -0.05) is 23.4 Å². The maximum absolute atomic E-state index is 11.2. The quantitative estimate of drug-likeness (QED) is 0.869. The molecule has 1 aromatic carbocycles. The van der Waals surface area contributed by atoms with Gasteiger partial charge >= 0.3 is 0 Å². The van der Waals surface area contributed by atoms with Gasteiger partial charge in [0.1, 0.15) is 5.75 Å².